The maximum Gasteiger partial charge on any atom is 0.509 e. The summed E-state index contributed by atoms with van der Waals surface area (Å²) in [5.41, 5.74) is 1.08. The van der Waals surface area contributed by atoms with Crippen molar-refractivity contribution in [2.24, 2.45) is 5.92 Å². The molecule has 0 unspecified atom stereocenters. The number of likely N-dealkylation sites (tertiary alicyclic amines) is 1. The van der Waals surface area contributed by atoms with E-state index in [0.717, 1.165) is 24.8 Å². The number of amides is 1. The van der Waals surface area contributed by atoms with Crippen molar-refractivity contribution < 1.29 is 29.0 Å². The van der Waals surface area contributed by atoms with E-state index < -0.39 is 30.4 Å². The zero-order chi connectivity index (χ0) is 22.4. The molecule has 1 aliphatic carbocycles. The number of carboxylic acids is 1. The number of aliphatic carboxylic acids is 1. The summed E-state index contributed by atoms with van der Waals surface area (Å²) in [5, 5.41) is 12.7. The molecule has 2 aliphatic rings. The number of nitrogens with zero attached hydrogens (tertiary/aromatic N) is 1. The first-order valence-electron chi connectivity index (χ1n) is 11.1. The number of fused-ring (bicyclic) bond motifs is 1. The second-order valence-corrected chi connectivity index (χ2v) is 8.30. The second kappa shape index (κ2) is 10.6. The van der Waals surface area contributed by atoms with E-state index in [1.165, 1.54) is 0 Å². The van der Waals surface area contributed by atoms with Gasteiger partial charge in [-0.3, -0.25) is 10.1 Å². The Morgan fingerprint density at radius 2 is 1.97 bits per heavy atom. The van der Waals surface area contributed by atoms with Crippen LogP contribution in [0.3, 0.4) is 0 Å². The number of aryl methyl sites for hydroxylation is 1. The molecule has 2 N–H and O–H groups in total. The lowest BCUT2D eigenvalue weighted by atomic mass is 10.0. The summed E-state index contributed by atoms with van der Waals surface area (Å²) in [6.07, 6.45) is 2.89. The van der Waals surface area contributed by atoms with Gasteiger partial charge in [0.25, 0.3) is 0 Å². The number of rotatable bonds is 9. The van der Waals surface area contributed by atoms with Crippen molar-refractivity contribution in [3.63, 3.8) is 0 Å². The van der Waals surface area contributed by atoms with Gasteiger partial charge in [-0.1, -0.05) is 36.8 Å². The van der Waals surface area contributed by atoms with Crippen LogP contribution in [-0.2, 0) is 25.5 Å². The lowest BCUT2D eigenvalue weighted by molar-refractivity contribution is -0.150. The number of hydrogen-bond donors (Lipinski definition) is 2. The Morgan fingerprint density at radius 1 is 1.23 bits per heavy atom. The van der Waals surface area contributed by atoms with Crippen molar-refractivity contribution in [1.29, 1.82) is 0 Å². The van der Waals surface area contributed by atoms with Gasteiger partial charge in [0.2, 0.25) is 5.91 Å². The molecule has 0 aromatic heterocycles. The number of carboxylic acid groups (broad SMARTS) is 1. The molecule has 1 aromatic carbocycles. The van der Waals surface area contributed by atoms with E-state index in [0.29, 0.717) is 19.3 Å². The Morgan fingerprint density at radius 3 is 2.65 bits per heavy atom. The Bertz CT molecular complexity index is 771. The van der Waals surface area contributed by atoms with Crippen LogP contribution in [-0.4, -0.2) is 59.0 Å². The largest absolute Gasteiger partial charge is 0.509 e. The molecule has 0 spiro atoms. The van der Waals surface area contributed by atoms with E-state index in [1.54, 1.807) is 18.7 Å². The molecular weight excluding hydrogens is 400 g/mol. The predicted octanol–water partition coefficient (Wildman–Crippen LogP) is 2.95. The van der Waals surface area contributed by atoms with Crippen molar-refractivity contribution in [3.05, 3.63) is 35.9 Å². The summed E-state index contributed by atoms with van der Waals surface area (Å²) < 4.78 is 10.3. The van der Waals surface area contributed by atoms with Crippen LogP contribution in [0.15, 0.2) is 30.3 Å². The molecule has 3 rings (SSSR count). The predicted molar refractivity (Wildman–Crippen MR) is 113 cm³/mol. The van der Waals surface area contributed by atoms with E-state index in [2.05, 4.69) is 5.32 Å². The minimum atomic E-state index is -0.960. The van der Waals surface area contributed by atoms with Crippen LogP contribution in [0.2, 0.25) is 0 Å². The molecule has 8 nitrogen and oxygen atoms in total. The maximum absolute atomic E-state index is 13.3. The fourth-order valence-electron chi connectivity index (χ4n) is 4.79. The Hall–Kier alpha value is -2.61. The Balaban J connectivity index is 1.67. The minimum absolute atomic E-state index is 0.0217. The van der Waals surface area contributed by atoms with Crippen LogP contribution in [0.1, 0.15) is 51.5 Å². The van der Waals surface area contributed by atoms with Gasteiger partial charge < -0.3 is 19.5 Å². The van der Waals surface area contributed by atoms with Gasteiger partial charge in [-0.05, 0) is 51.0 Å². The van der Waals surface area contributed by atoms with Gasteiger partial charge in [0.1, 0.15) is 6.04 Å². The monoisotopic (exact) mass is 432 g/mol. The molecule has 1 aromatic rings. The van der Waals surface area contributed by atoms with E-state index in [1.807, 2.05) is 30.3 Å². The van der Waals surface area contributed by atoms with Crippen molar-refractivity contribution in [3.8, 4) is 0 Å². The third-order valence-electron chi connectivity index (χ3n) is 6.22. The highest BCUT2D eigenvalue weighted by Gasteiger charge is 2.49. The summed E-state index contributed by atoms with van der Waals surface area (Å²) in [6.45, 7) is 3.57. The molecule has 2 fully saturated rings. The summed E-state index contributed by atoms with van der Waals surface area (Å²) >= 11 is 0. The average Bonchev–Trinajstić information content (AvgIpc) is 3.33. The number of hydrogen-bond acceptors (Lipinski definition) is 6. The van der Waals surface area contributed by atoms with Crippen LogP contribution in [0.25, 0.3) is 0 Å². The molecule has 1 amide bonds. The Labute approximate surface area is 182 Å². The molecule has 1 heterocycles. The zero-order valence-electron chi connectivity index (χ0n) is 18.2. The van der Waals surface area contributed by atoms with E-state index in [4.69, 9.17) is 9.47 Å². The highest BCUT2D eigenvalue weighted by atomic mass is 16.7. The molecule has 1 saturated carbocycles. The van der Waals surface area contributed by atoms with Crippen molar-refractivity contribution in [2.75, 3.05) is 6.61 Å². The number of benzene rings is 1. The van der Waals surface area contributed by atoms with E-state index in [9.17, 15) is 19.5 Å². The molecule has 31 heavy (non-hydrogen) atoms. The van der Waals surface area contributed by atoms with Crippen LogP contribution >= 0.6 is 0 Å². The van der Waals surface area contributed by atoms with Gasteiger partial charge in [0, 0.05) is 12.5 Å². The molecule has 1 aliphatic heterocycles. The summed E-state index contributed by atoms with van der Waals surface area (Å²) in [4.78, 5) is 38.5. The third kappa shape index (κ3) is 5.76. The van der Waals surface area contributed by atoms with Gasteiger partial charge in [-0.25, -0.2) is 9.59 Å². The lowest BCUT2D eigenvalue weighted by Crippen LogP contribution is -2.54. The zero-order valence-corrected chi connectivity index (χ0v) is 18.2. The standard InChI is InChI=1S/C23H32N2O6/c1-3-30-23(29)31-20(13-12-16-8-5-4-6-9-16)24-15(2)21(26)25-18-11-7-10-17(18)14-19(25)22(27)28/h4-6,8-9,15,17-20,24H,3,7,10-14H2,1-2H3,(H,27,28)/t15-,17+,18+,19+,20+/m0/s1. The van der Waals surface area contributed by atoms with Crippen LogP contribution in [0, 0.1) is 5.92 Å². The van der Waals surface area contributed by atoms with E-state index in [-0.39, 0.29) is 24.5 Å². The van der Waals surface area contributed by atoms with Crippen LogP contribution in [0.5, 0.6) is 0 Å². The Kier molecular flexibility index (Phi) is 7.90. The third-order valence-corrected chi connectivity index (χ3v) is 6.22. The number of nitrogens with one attached hydrogen (secondary N) is 1. The number of carbonyl (C=O) groups excluding carboxylic acids is 2. The van der Waals surface area contributed by atoms with Crippen LogP contribution in [0.4, 0.5) is 4.79 Å². The number of carbonyl (C=O) groups is 3. The van der Waals surface area contributed by atoms with Crippen molar-refractivity contribution in [2.45, 2.75) is 76.7 Å². The molecule has 8 heteroatoms. The van der Waals surface area contributed by atoms with Crippen molar-refractivity contribution in [1.82, 2.24) is 10.2 Å². The SMILES string of the molecule is CCOC(=O)O[C@H](CCc1ccccc1)N[C@@H](C)C(=O)N1[C@@H](C(=O)O)C[C@H]2CCC[C@H]21. The average molecular weight is 433 g/mol. The summed E-state index contributed by atoms with van der Waals surface area (Å²) in [7, 11) is 0. The molecule has 0 radical (unpaired) electrons. The van der Waals surface area contributed by atoms with Crippen LogP contribution < -0.4 is 5.32 Å². The maximum atomic E-state index is 13.3. The molecule has 1 saturated heterocycles. The fraction of sp³-hybridized carbons (Fsp3) is 0.609. The summed E-state index contributed by atoms with van der Waals surface area (Å²) in [5.74, 6) is -0.973. The van der Waals surface area contributed by atoms with Gasteiger partial charge in [-0.2, -0.15) is 0 Å². The highest BCUT2D eigenvalue weighted by Crippen LogP contribution is 2.41. The van der Waals surface area contributed by atoms with Gasteiger partial charge >= 0.3 is 12.1 Å². The first-order chi connectivity index (χ1) is 14.9. The second-order valence-electron chi connectivity index (χ2n) is 8.30. The quantitative estimate of drug-likeness (QED) is 0.456. The summed E-state index contributed by atoms with van der Waals surface area (Å²) in [6, 6.07) is 8.26. The van der Waals surface area contributed by atoms with Gasteiger partial charge in [0.15, 0.2) is 6.23 Å². The highest BCUT2D eigenvalue weighted by molar-refractivity contribution is 5.88. The van der Waals surface area contributed by atoms with Crippen molar-refractivity contribution >= 4 is 18.0 Å². The molecule has 170 valence electrons. The van der Waals surface area contributed by atoms with E-state index >= 15 is 0 Å². The molecule has 5 atom stereocenters. The first-order valence-corrected chi connectivity index (χ1v) is 11.1. The first kappa shape index (κ1) is 23.1. The molecule has 0 bridgehead atoms. The lowest BCUT2D eigenvalue weighted by Gasteiger charge is -2.32. The minimum Gasteiger partial charge on any atom is -0.480 e. The normalized spacial score (nSPS) is 24.3. The fourth-order valence-corrected chi connectivity index (χ4v) is 4.79. The molecular formula is C23H32N2O6. The smallest absolute Gasteiger partial charge is 0.480 e. The van der Waals surface area contributed by atoms with Gasteiger partial charge in [0.05, 0.1) is 12.6 Å². The van der Waals surface area contributed by atoms with Gasteiger partial charge in [-0.15, -0.1) is 0 Å². The number of ether oxygens (including phenoxy) is 2. The topological polar surface area (TPSA) is 105 Å².